The molecule has 0 spiro atoms. The van der Waals surface area contributed by atoms with E-state index in [2.05, 4.69) is 16.4 Å². The van der Waals surface area contributed by atoms with E-state index in [0.29, 0.717) is 26.6 Å². The van der Waals surface area contributed by atoms with Crippen LogP contribution in [-0.4, -0.2) is 25.7 Å². The zero-order valence-electron chi connectivity index (χ0n) is 18.3. The Kier molecular flexibility index (Phi) is 6.58. The molecule has 0 saturated carbocycles. The maximum atomic E-state index is 13.5. The number of carbonyl (C=O) groups is 1. The maximum Gasteiger partial charge on any atom is 0.263 e. The van der Waals surface area contributed by atoms with Gasteiger partial charge in [-0.3, -0.25) is 19.1 Å². The van der Waals surface area contributed by atoms with Crippen LogP contribution in [0.1, 0.15) is 28.6 Å². The van der Waals surface area contributed by atoms with Crippen molar-refractivity contribution < 1.29 is 4.79 Å². The van der Waals surface area contributed by atoms with Crippen LogP contribution in [-0.2, 0) is 11.3 Å². The van der Waals surface area contributed by atoms with E-state index in [-0.39, 0.29) is 18.0 Å². The van der Waals surface area contributed by atoms with Crippen molar-refractivity contribution in [1.29, 1.82) is 5.26 Å². The minimum atomic E-state index is -0.530. The fourth-order valence-corrected chi connectivity index (χ4v) is 5.29. The monoisotopic (exact) mass is 475 g/mol. The molecule has 0 fully saturated rings. The van der Waals surface area contributed by atoms with Crippen LogP contribution in [0.25, 0.3) is 10.2 Å². The topological polar surface area (TPSA) is 101 Å². The van der Waals surface area contributed by atoms with Crippen LogP contribution >= 0.6 is 23.1 Å². The predicted molar refractivity (Wildman–Crippen MR) is 132 cm³/mol. The molecule has 4 rings (SSSR count). The van der Waals surface area contributed by atoms with E-state index in [4.69, 9.17) is 10.2 Å². The highest BCUT2D eigenvalue weighted by atomic mass is 32.2. The standard InChI is InChI=1S/C24H21N5O2S2/c1-14-15(2)32-22-20(14)23(31)29(13-19-8-4-5-10-26-19)24(28-22)33-16(3)21(30)27-18-9-6-7-17(11-18)12-25/h4-11,16H,13H2,1-3H3,(H,27,30). The second-order valence-electron chi connectivity index (χ2n) is 7.51. The molecule has 9 heteroatoms. The number of carbonyl (C=O) groups excluding carboxylic acids is 1. The number of amides is 1. The van der Waals surface area contributed by atoms with Crippen molar-refractivity contribution in [3.05, 3.63) is 80.7 Å². The van der Waals surface area contributed by atoms with Gasteiger partial charge in [0.15, 0.2) is 5.16 Å². The van der Waals surface area contributed by atoms with E-state index in [1.165, 1.54) is 23.1 Å². The lowest BCUT2D eigenvalue weighted by Crippen LogP contribution is -2.27. The molecular formula is C24H21N5O2S2. The Morgan fingerprint density at radius 3 is 2.82 bits per heavy atom. The molecule has 7 nitrogen and oxygen atoms in total. The van der Waals surface area contributed by atoms with Gasteiger partial charge in [-0.1, -0.05) is 23.9 Å². The summed E-state index contributed by atoms with van der Waals surface area (Å²) in [6, 6.07) is 14.4. The lowest BCUT2D eigenvalue weighted by Gasteiger charge is -2.16. The zero-order valence-corrected chi connectivity index (χ0v) is 20.0. The lowest BCUT2D eigenvalue weighted by atomic mass is 10.2. The van der Waals surface area contributed by atoms with Crippen LogP contribution < -0.4 is 10.9 Å². The summed E-state index contributed by atoms with van der Waals surface area (Å²) >= 11 is 2.70. The number of rotatable bonds is 6. The number of nitriles is 1. The molecule has 0 aliphatic carbocycles. The first-order chi connectivity index (χ1) is 15.9. The molecule has 166 valence electrons. The fraction of sp³-hybridized carbons (Fsp3) is 0.208. The molecule has 33 heavy (non-hydrogen) atoms. The number of anilines is 1. The van der Waals surface area contributed by atoms with Gasteiger partial charge >= 0.3 is 0 Å². The highest BCUT2D eigenvalue weighted by Crippen LogP contribution is 2.30. The summed E-state index contributed by atoms with van der Waals surface area (Å²) in [6.07, 6.45) is 1.69. The van der Waals surface area contributed by atoms with Crippen molar-refractivity contribution in [3.63, 3.8) is 0 Å². The summed E-state index contributed by atoms with van der Waals surface area (Å²) in [5.41, 5.74) is 2.54. The second kappa shape index (κ2) is 9.57. The summed E-state index contributed by atoms with van der Waals surface area (Å²) in [5.74, 6) is -0.243. The Labute approximate surface area is 199 Å². The van der Waals surface area contributed by atoms with E-state index >= 15 is 0 Å². The van der Waals surface area contributed by atoms with Gasteiger partial charge in [0.25, 0.3) is 5.56 Å². The molecule has 0 aliphatic heterocycles. The molecule has 1 unspecified atom stereocenters. The van der Waals surface area contributed by atoms with Gasteiger partial charge in [-0.15, -0.1) is 11.3 Å². The fourth-order valence-electron chi connectivity index (χ4n) is 3.31. The van der Waals surface area contributed by atoms with Gasteiger partial charge in [0.2, 0.25) is 5.91 Å². The van der Waals surface area contributed by atoms with Crippen molar-refractivity contribution in [2.24, 2.45) is 0 Å². The Morgan fingerprint density at radius 2 is 2.09 bits per heavy atom. The first-order valence-corrected chi connectivity index (χ1v) is 11.9. The first kappa shape index (κ1) is 22.7. The van der Waals surface area contributed by atoms with Crippen molar-refractivity contribution in [2.45, 2.75) is 37.7 Å². The summed E-state index contributed by atoms with van der Waals surface area (Å²) in [6.45, 7) is 5.93. The van der Waals surface area contributed by atoms with Crippen molar-refractivity contribution in [3.8, 4) is 6.07 Å². The first-order valence-electron chi connectivity index (χ1n) is 10.3. The quantitative estimate of drug-likeness (QED) is 0.325. The third-order valence-corrected chi connectivity index (χ3v) is 7.40. The number of benzene rings is 1. The van der Waals surface area contributed by atoms with E-state index in [0.717, 1.165) is 16.1 Å². The van der Waals surface area contributed by atoms with Gasteiger partial charge in [0.1, 0.15) is 4.83 Å². The van der Waals surface area contributed by atoms with Crippen LogP contribution in [0, 0.1) is 25.2 Å². The highest BCUT2D eigenvalue weighted by molar-refractivity contribution is 8.00. The van der Waals surface area contributed by atoms with Gasteiger partial charge < -0.3 is 5.32 Å². The van der Waals surface area contributed by atoms with Crippen LogP contribution in [0.3, 0.4) is 0 Å². The molecule has 1 atom stereocenters. The van der Waals surface area contributed by atoms with E-state index in [1.807, 2.05) is 32.0 Å². The van der Waals surface area contributed by atoms with E-state index < -0.39 is 5.25 Å². The number of aromatic nitrogens is 3. The van der Waals surface area contributed by atoms with Crippen LogP contribution in [0.4, 0.5) is 5.69 Å². The average molecular weight is 476 g/mol. The minimum Gasteiger partial charge on any atom is -0.325 e. The van der Waals surface area contributed by atoms with E-state index in [9.17, 15) is 9.59 Å². The van der Waals surface area contributed by atoms with Gasteiger partial charge in [0.05, 0.1) is 34.5 Å². The van der Waals surface area contributed by atoms with Gasteiger partial charge in [-0.25, -0.2) is 4.98 Å². The predicted octanol–water partition coefficient (Wildman–Crippen LogP) is 4.51. The molecule has 3 aromatic heterocycles. The molecular weight excluding hydrogens is 454 g/mol. The van der Waals surface area contributed by atoms with E-state index in [1.54, 1.807) is 42.0 Å². The number of nitrogens with one attached hydrogen (secondary N) is 1. The number of nitrogens with zero attached hydrogens (tertiary/aromatic N) is 4. The normalized spacial score (nSPS) is 11.8. The molecule has 0 radical (unpaired) electrons. The van der Waals surface area contributed by atoms with Gasteiger partial charge in [-0.2, -0.15) is 5.26 Å². The van der Waals surface area contributed by atoms with Crippen molar-refractivity contribution >= 4 is 44.9 Å². The molecule has 0 saturated heterocycles. The number of thioether (sulfide) groups is 1. The van der Waals surface area contributed by atoms with Crippen molar-refractivity contribution in [1.82, 2.24) is 14.5 Å². The Balaban J connectivity index is 1.68. The molecule has 3 heterocycles. The second-order valence-corrected chi connectivity index (χ2v) is 10.0. The van der Waals surface area contributed by atoms with Crippen molar-refractivity contribution in [2.75, 3.05) is 5.32 Å². The SMILES string of the molecule is Cc1sc2nc(SC(C)C(=O)Nc3cccc(C#N)c3)n(Cc3ccccn3)c(=O)c2c1C. The summed E-state index contributed by atoms with van der Waals surface area (Å²) < 4.78 is 1.59. The van der Waals surface area contributed by atoms with Gasteiger partial charge in [-0.05, 0) is 56.7 Å². The molecule has 1 amide bonds. The third-order valence-electron chi connectivity index (χ3n) is 5.21. The average Bonchev–Trinajstić information content (AvgIpc) is 3.10. The Bertz CT molecular complexity index is 1440. The van der Waals surface area contributed by atoms with Crippen LogP contribution in [0.2, 0.25) is 0 Å². The van der Waals surface area contributed by atoms with Crippen LogP contribution in [0.5, 0.6) is 0 Å². The summed E-state index contributed by atoms with van der Waals surface area (Å²) in [5, 5.41) is 12.5. The smallest absolute Gasteiger partial charge is 0.263 e. The molecule has 1 aromatic carbocycles. The number of pyridine rings is 1. The zero-order chi connectivity index (χ0) is 23.5. The Hall–Kier alpha value is -3.48. The molecule has 1 N–H and O–H groups in total. The molecule has 0 aliphatic rings. The largest absolute Gasteiger partial charge is 0.325 e. The number of aryl methyl sites for hydroxylation is 2. The Morgan fingerprint density at radius 1 is 1.27 bits per heavy atom. The number of fused-ring (bicyclic) bond motifs is 1. The van der Waals surface area contributed by atoms with Gasteiger partial charge in [0, 0.05) is 16.8 Å². The number of thiophene rings is 1. The van der Waals surface area contributed by atoms with Crippen LogP contribution in [0.15, 0.2) is 58.6 Å². The molecule has 0 bridgehead atoms. The highest BCUT2D eigenvalue weighted by Gasteiger charge is 2.22. The lowest BCUT2D eigenvalue weighted by molar-refractivity contribution is -0.115. The third kappa shape index (κ3) is 4.82. The maximum absolute atomic E-state index is 13.5. The summed E-state index contributed by atoms with van der Waals surface area (Å²) in [4.78, 5) is 37.1. The number of hydrogen-bond acceptors (Lipinski definition) is 7. The molecule has 4 aromatic rings. The minimum absolute atomic E-state index is 0.135. The summed E-state index contributed by atoms with van der Waals surface area (Å²) in [7, 11) is 0. The number of hydrogen-bond donors (Lipinski definition) is 1.